The van der Waals surface area contributed by atoms with E-state index in [-0.39, 0.29) is 18.4 Å². The lowest BCUT2D eigenvalue weighted by Gasteiger charge is -2.31. The smallest absolute Gasteiger partial charge is 0.310 e. The molecule has 0 heterocycles. The summed E-state index contributed by atoms with van der Waals surface area (Å²) >= 11 is 0. The Morgan fingerprint density at radius 1 is 1.28 bits per heavy atom. The van der Waals surface area contributed by atoms with Crippen molar-refractivity contribution < 1.29 is 14.7 Å². The second-order valence-corrected chi connectivity index (χ2v) is 5.65. The number of amides is 1. The van der Waals surface area contributed by atoms with Gasteiger partial charge in [-0.15, -0.1) is 0 Å². The Labute approximate surface area is 109 Å². The van der Waals surface area contributed by atoms with Crippen LogP contribution in [0, 0.1) is 5.41 Å². The third-order valence-corrected chi connectivity index (χ3v) is 3.91. The van der Waals surface area contributed by atoms with Crippen molar-refractivity contribution in [2.24, 2.45) is 5.41 Å². The molecule has 18 heavy (non-hydrogen) atoms. The lowest BCUT2D eigenvalue weighted by Crippen LogP contribution is -2.42. The molecule has 104 valence electrons. The van der Waals surface area contributed by atoms with Crippen LogP contribution in [0.25, 0.3) is 0 Å². The number of rotatable bonds is 6. The SMILES string of the molecule is CCCN(C(=O)CC1(C(=O)O)CCCC1)C(C)C. The van der Waals surface area contributed by atoms with Gasteiger partial charge in [0.1, 0.15) is 0 Å². The molecule has 0 radical (unpaired) electrons. The fourth-order valence-corrected chi connectivity index (χ4v) is 2.82. The van der Waals surface area contributed by atoms with Crippen molar-refractivity contribution in [3.8, 4) is 0 Å². The number of hydrogen-bond donors (Lipinski definition) is 1. The molecule has 1 aliphatic rings. The minimum Gasteiger partial charge on any atom is -0.481 e. The third-order valence-electron chi connectivity index (χ3n) is 3.91. The van der Waals surface area contributed by atoms with E-state index in [1.165, 1.54) is 0 Å². The van der Waals surface area contributed by atoms with Crippen LogP contribution in [0.2, 0.25) is 0 Å². The second-order valence-electron chi connectivity index (χ2n) is 5.65. The van der Waals surface area contributed by atoms with Crippen LogP contribution >= 0.6 is 0 Å². The van der Waals surface area contributed by atoms with E-state index in [2.05, 4.69) is 0 Å². The lowest BCUT2D eigenvalue weighted by atomic mass is 9.82. The van der Waals surface area contributed by atoms with Gasteiger partial charge in [0.2, 0.25) is 5.91 Å². The van der Waals surface area contributed by atoms with Crippen LogP contribution in [-0.2, 0) is 9.59 Å². The molecular formula is C14H25NO3. The Morgan fingerprint density at radius 2 is 1.83 bits per heavy atom. The fraction of sp³-hybridized carbons (Fsp3) is 0.857. The van der Waals surface area contributed by atoms with Crippen LogP contribution in [-0.4, -0.2) is 34.5 Å². The molecule has 1 amide bonds. The molecule has 0 bridgehead atoms. The highest BCUT2D eigenvalue weighted by Gasteiger charge is 2.43. The number of aliphatic carboxylic acids is 1. The summed E-state index contributed by atoms with van der Waals surface area (Å²) in [5, 5.41) is 9.39. The zero-order chi connectivity index (χ0) is 13.8. The summed E-state index contributed by atoms with van der Waals surface area (Å²) in [4.78, 5) is 25.6. The summed E-state index contributed by atoms with van der Waals surface area (Å²) in [6.07, 6.45) is 4.22. The first kappa shape index (κ1) is 15.0. The molecule has 0 atom stereocenters. The standard InChI is InChI=1S/C14H25NO3/c1-4-9-15(11(2)3)12(16)10-14(13(17)18)7-5-6-8-14/h11H,4-10H2,1-3H3,(H,17,18). The van der Waals surface area contributed by atoms with E-state index in [9.17, 15) is 14.7 Å². The summed E-state index contributed by atoms with van der Waals surface area (Å²) < 4.78 is 0. The van der Waals surface area contributed by atoms with E-state index in [1.807, 2.05) is 25.7 Å². The van der Waals surface area contributed by atoms with Crippen molar-refractivity contribution in [1.82, 2.24) is 4.90 Å². The molecule has 0 aliphatic heterocycles. The van der Waals surface area contributed by atoms with Gasteiger partial charge in [0, 0.05) is 19.0 Å². The highest BCUT2D eigenvalue weighted by molar-refractivity contribution is 5.85. The van der Waals surface area contributed by atoms with E-state index < -0.39 is 11.4 Å². The molecule has 1 saturated carbocycles. The van der Waals surface area contributed by atoms with Gasteiger partial charge >= 0.3 is 5.97 Å². The Kier molecular flexibility index (Phi) is 5.17. The van der Waals surface area contributed by atoms with Crippen LogP contribution < -0.4 is 0 Å². The van der Waals surface area contributed by atoms with Gasteiger partial charge in [-0.25, -0.2) is 0 Å². The number of hydrogen-bond acceptors (Lipinski definition) is 2. The molecule has 0 spiro atoms. The highest BCUT2D eigenvalue weighted by Crippen LogP contribution is 2.41. The first-order valence-corrected chi connectivity index (χ1v) is 6.96. The first-order valence-electron chi connectivity index (χ1n) is 6.96. The Hall–Kier alpha value is -1.06. The number of carbonyl (C=O) groups excluding carboxylic acids is 1. The van der Waals surface area contributed by atoms with Crippen molar-refractivity contribution in [1.29, 1.82) is 0 Å². The van der Waals surface area contributed by atoms with E-state index in [1.54, 1.807) is 0 Å². The Bertz CT molecular complexity index is 306. The van der Waals surface area contributed by atoms with Crippen LogP contribution in [0.3, 0.4) is 0 Å². The van der Waals surface area contributed by atoms with Crippen LogP contribution in [0.4, 0.5) is 0 Å². The van der Waals surface area contributed by atoms with Crippen molar-refractivity contribution in [3.05, 3.63) is 0 Å². The fourth-order valence-electron chi connectivity index (χ4n) is 2.82. The van der Waals surface area contributed by atoms with Gasteiger partial charge in [-0.2, -0.15) is 0 Å². The van der Waals surface area contributed by atoms with Crippen LogP contribution in [0.15, 0.2) is 0 Å². The van der Waals surface area contributed by atoms with Gasteiger partial charge < -0.3 is 10.0 Å². The summed E-state index contributed by atoms with van der Waals surface area (Å²) in [5.41, 5.74) is -0.794. The average Bonchev–Trinajstić information content (AvgIpc) is 2.75. The molecule has 1 rings (SSSR count). The molecular weight excluding hydrogens is 230 g/mol. The molecule has 0 aromatic rings. The van der Waals surface area contributed by atoms with Gasteiger partial charge in [0.05, 0.1) is 5.41 Å². The lowest BCUT2D eigenvalue weighted by molar-refractivity contribution is -0.153. The van der Waals surface area contributed by atoms with Crippen molar-refractivity contribution in [2.45, 2.75) is 65.3 Å². The maximum Gasteiger partial charge on any atom is 0.310 e. The minimum absolute atomic E-state index is 0.00356. The van der Waals surface area contributed by atoms with Gasteiger partial charge in [0.25, 0.3) is 0 Å². The summed E-state index contributed by atoms with van der Waals surface area (Å²) in [6, 6.07) is 0.143. The minimum atomic E-state index is -0.798. The molecule has 4 nitrogen and oxygen atoms in total. The van der Waals surface area contributed by atoms with Crippen molar-refractivity contribution in [3.63, 3.8) is 0 Å². The second kappa shape index (κ2) is 6.21. The molecule has 0 aromatic heterocycles. The van der Waals surface area contributed by atoms with E-state index in [0.29, 0.717) is 19.4 Å². The monoisotopic (exact) mass is 255 g/mol. The average molecular weight is 255 g/mol. The van der Waals surface area contributed by atoms with Gasteiger partial charge in [-0.1, -0.05) is 19.8 Å². The number of nitrogens with zero attached hydrogens (tertiary/aromatic N) is 1. The van der Waals surface area contributed by atoms with Gasteiger partial charge in [0.15, 0.2) is 0 Å². The number of carboxylic acids is 1. The summed E-state index contributed by atoms with van der Waals surface area (Å²) in [5.74, 6) is -0.801. The third kappa shape index (κ3) is 3.24. The molecule has 1 N–H and O–H groups in total. The largest absolute Gasteiger partial charge is 0.481 e. The number of carbonyl (C=O) groups is 2. The normalized spacial score (nSPS) is 18.0. The molecule has 4 heteroatoms. The van der Waals surface area contributed by atoms with Crippen LogP contribution in [0.5, 0.6) is 0 Å². The summed E-state index contributed by atoms with van der Waals surface area (Å²) in [6.45, 7) is 6.71. The molecule has 0 saturated heterocycles. The van der Waals surface area contributed by atoms with E-state index >= 15 is 0 Å². The Morgan fingerprint density at radius 3 is 2.22 bits per heavy atom. The predicted molar refractivity (Wildman–Crippen MR) is 70.3 cm³/mol. The molecule has 1 aliphatic carbocycles. The van der Waals surface area contributed by atoms with E-state index in [4.69, 9.17) is 0 Å². The highest BCUT2D eigenvalue weighted by atomic mass is 16.4. The maximum absolute atomic E-state index is 12.3. The summed E-state index contributed by atoms with van der Waals surface area (Å²) in [7, 11) is 0. The number of carboxylic acid groups (broad SMARTS) is 1. The van der Waals surface area contributed by atoms with Crippen molar-refractivity contribution >= 4 is 11.9 Å². The van der Waals surface area contributed by atoms with Gasteiger partial charge in [-0.3, -0.25) is 9.59 Å². The molecule has 0 unspecified atom stereocenters. The van der Waals surface area contributed by atoms with Crippen molar-refractivity contribution in [2.75, 3.05) is 6.54 Å². The molecule has 1 fully saturated rings. The first-order chi connectivity index (χ1) is 8.43. The van der Waals surface area contributed by atoms with E-state index in [0.717, 1.165) is 19.3 Å². The predicted octanol–water partition coefficient (Wildman–Crippen LogP) is 2.67. The quantitative estimate of drug-likeness (QED) is 0.793. The Balaban J connectivity index is 2.74. The zero-order valence-electron chi connectivity index (χ0n) is 11.7. The van der Waals surface area contributed by atoms with Gasteiger partial charge in [-0.05, 0) is 33.1 Å². The molecule has 0 aromatic carbocycles. The van der Waals surface area contributed by atoms with Crippen LogP contribution in [0.1, 0.15) is 59.3 Å². The topological polar surface area (TPSA) is 57.6 Å². The maximum atomic E-state index is 12.3. The zero-order valence-corrected chi connectivity index (χ0v) is 11.7.